The Morgan fingerprint density at radius 1 is 1.14 bits per heavy atom. The summed E-state index contributed by atoms with van der Waals surface area (Å²) in [6.45, 7) is 2.52. The van der Waals surface area contributed by atoms with Crippen molar-refractivity contribution in [2.75, 3.05) is 24.7 Å². The molecule has 0 saturated carbocycles. The number of anilines is 1. The highest BCUT2D eigenvalue weighted by Gasteiger charge is 2.21. The molecule has 0 fully saturated rings. The Bertz CT molecular complexity index is 843. The Kier molecular flexibility index (Phi) is 3.15. The molecule has 7 heteroatoms. The van der Waals surface area contributed by atoms with Crippen molar-refractivity contribution >= 4 is 17.9 Å². The van der Waals surface area contributed by atoms with Crippen LogP contribution in [0, 0.1) is 4.77 Å². The second-order valence-electron chi connectivity index (χ2n) is 5.36. The third-order valence-electron chi connectivity index (χ3n) is 4.00. The third kappa shape index (κ3) is 2.27. The summed E-state index contributed by atoms with van der Waals surface area (Å²) in [4.78, 5) is 20.0. The van der Waals surface area contributed by atoms with Crippen molar-refractivity contribution in [1.82, 2.24) is 9.97 Å². The molecule has 3 heterocycles. The molecule has 0 saturated heterocycles. The Balaban J connectivity index is 1.67. The average molecular weight is 317 g/mol. The van der Waals surface area contributed by atoms with Gasteiger partial charge in [0.25, 0.3) is 5.56 Å². The summed E-state index contributed by atoms with van der Waals surface area (Å²) in [7, 11) is 0. The van der Waals surface area contributed by atoms with Crippen LogP contribution in [0.5, 0.6) is 11.5 Å². The van der Waals surface area contributed by atoms with Gasteiger partial charge in [-0.05, 0) is 24.4 Å². The highest BCUT2D eigenvalue weighted by atomic mass is 32.1. The van der Waals surface area contributed by atoms with Crippen LogP contribution in [0.25, 0.3) is 0 Å². The largest absolute Gasteiger partial charge is 0.486 e. The van der Waals surface area contributed by atoms with Crippen LogP contribution in [0.1, 0.15) is 11.3 Å². The molecule has 1 aromatic carbocycles. The smallest absolute Gasteiger partial charge is 0.256 e. The van der Waals surface area contributed by atoms with Crippen molar-refractivity contribution in [1.29, 1.82) is 0 Å². The number of fused-ring (bicyclic) bond motifs is 2. The number of aromatic nitrogens is 2. The van der Waals surface area contributed by atoms with E-state index in [0.29, 0.717) is 24.5 Å². The first kappa shape index (κ1) is 13.4. The zero-order valence-electron chi connectivity index (χ0n) is 11.8. The molecule has 0 aliphatic carbocycles. The summed E-state index contributed by atoms with van der Waals surface area (Å²) in [5.74, 6) is 1.53. The summed E-state index contributed by atoms with van der Waals surface area (Å²) in [5.41, 5.74) is 2.59. The summed E-state index contributed by atoms with van der Waals surface area (Å²) in [5, 5.41) is 0. The molecule has 2 aromatic rings. The maximum atomic E-state index is 12.1. The fourth-order valence-electron chi connectivity index (χ4n) is 2.91. The van der Waals surface area contributed by atoms with E-state index in [1.807, 2.05) is 18.2 Å². The van der Waals surface area contributed by atoms with Gasteiger partial charge < -0.3 is 19.4 Å². The van der Waals surface area contributed by atoms with Gasteiger partial charge in [-0.25, -0.2) is 0 Å². The Hall–Kier alpha value is -2.28. The van der Waals surface area contributed by atoms with Crippen molar-refractivity contribution in [2.45, 2.75) is 13.0 Å². The van der Waals surface area contributed by atoms with E-state index < -0.39 is 0 Å². The quantitative estimate of drug-likeness (QED) is 0.785. The van der Waals surface area contributed by atoms with E-state index >= 15 is 0 Å². The van der Waals surface area contributed by atoms with Gasteiger partial charge in [0.2, 0.25) is 0 Å². The van der Waals surface area contributed by atoms with E-state index in [1.165, 1.54) is 0 Å². The topological polar surface area (TPSA) is 70.4 Å². The molecular weight excluding hydrogens is 302 g/mol. The second kappa shape index (κ2) is 5.17. The lowest BCUT2D eigenvalue weighted by Gasteiger charge is -2.30. The number of nitrogens with one attached hydrogen (secondary N) is 2. The predicted octanol–water partition coefficient (Wildman–Crippen LogP) is 1.77. The van der Waals surface area contributed by atoms with Gasteiger partial charge in [-0.15, -0.1) is 0 Å². The lowest BCUT2D eigenvalue weighted by atomic mass is 10.1. The number of hydrogen-bond acceptors (Lipinski definition) is 5. The zero-order valence-corrected chi connectivity index (χ0v) is 12.7. The van der Waals surface area contributed by atoms with E-state index in [0.717, 1.165) is 41.4 Å². The van der Waals surface area contributed by atoms with Crippen LogP contribution in [0.3, 0.4) is 0 Å². The minimum absolute atomic E-state index is 0.110. The Labute approximate surface area is 131 Å². The first-order chi connectivity index (χ1) is 10.7. The standard InChI is InChI=1S/C15H15N3O3S/c19-14-10-8-18(4-3-11(10)16-15(22)17-14)9-1-2-12-13(7-9)21-6-5-20-12/h1-2,7H,3-6,8H2,(H2,16,17,19,22). The fourth-order valence-corrected chi connectivity index (χ4v) is 3.12. The van der Waals surface area contributed by atoms with Gasteiger partial charge in [-0.3, -0.25) is 9.78 Å². The highest BCUT2D eigenvalue weighted by Crippen LogP contribution is 2.35. The molecule has 0 atom stereocenters. The van der Waals surface area contributed by atoms with Gasteiger partial charge in [-0.2, -0.15) is 0 Å². The van der Waals surface area contributed by atoms with Crippen LogP contribution >= 0.6 is 12.2 Å². The predicted molar refractivity (Wildman–Crippen MR) is 84.4 cm³/mol. The Morgan fingerprint density at radius 2 is 1.95 bits per heavy atom. The fraction of sp³-hybridized carbons (Fsp3) is 0.333. The minimum atomic E-state index is -0.110. The molecule has 0 amide bonds. The average Bonchev–Trinajstić information content (AvgIpc) is 2.54. The van der Waals surface area contributed by atoms with Gasteiger partial charge in [0.05, 0.1) is 12.1 Å². The summed E-state index contributed by atoms with van der Waals surface area (Å²) < 4.78 is 11.5. The van der Waals surface area contributed by atoms with Crippen LogP contribution in [0.15, 0.2) is 23.0 Å². The van der Waals surface area contributed by atoms with E-state index in [4.69, 9.17) is 21.7 Å². The molecular formula is C15H15N3O3S. The molecule has 6 nitrogen and oxygen atoms in total. The van der Waals surface area contributed by atoms with E-state index in [9.17, 15) is 4.79 Å². The van der Waals surface area contributed by atoms with Crippen LogP contribution in [0.2, 0.25) is 0 Å². The number of rotatable bonds is 1. The highest BCUT2D eigenvalue weighted by molar-refractivity contribution is 7.71. The molecule has 0 bridgehead atoms. The first-order valence-corrected chi connectivity index (χ1v) is 7.60. The Morgan fingerprint density at radius 3 is 2.82 bits per heavy atom. The van der Waals surface area contributed by atoms with Crippen molar-refractivity contribution in [2.24, 2.45) is 0 Å². The van der Waals surface area contributed by atoms with E-state index in [2.05, 4.69) is 14.9 Å². The maximum Gasteiger partial charge on any atom is 0.256 e. The first-order valence-electron chi connectivity index (χ1n) is 7.20. The zero-order chi connectivity index (χ0) is 15.1. The lowest BCUT2D eigenvalue weighted by Crippen LogP contribution is -2.35. The molecule has 114 valence electrons. The van der Waals surface area contributed by atoms with Crippen molar-refractivity contribution < 1.29 is 9.47 Å². The molecule has 2 N–H and O–H groups in total. The van der Waals surface area contributed by atoms with E-state index in [-0.39, 0.29) is 5.56 Å². The molecule has 0 spiro atoms. The summed E-state index contributed by atoms with van der Waals surface area (Å²) >= 11 is 5.02. The molecule has 0 unspecified atom stereocenters. The molecule has 22 heavy (non-hydrogen) atoms. The van der Waals surface area contributed by atoms with Crippen LogP contribution in [-0.4, -0.2) is 29.7 Å². The van der Waals surface area contributed by atoms with Gasteiger partial charge in [0.15, 0.2) is 16.3 Å². The summed E-state index contributed by atoms with van der Waals surface area (Å²) in [6, 6.07) is 5.89. The van der Waals surface area contributed by atoms with E-state index in [1.54, 1.807) is 0 Å². The van der Waals surface area contributed by atoms with Crippen LogP contribution < -0.4 is 19.9 Å². The molecule has 2 aliphatic rings. The molecule has 2 aliphatic heterocycles. The lowest BCUT2D eigenvalue weighted by molar-refractivity contribution is 0.171. The van der Waals surface area contributed by atoms with Gasteiger partial charge >= 0.3 is 0 Å². The maximum absolute atomic E-state index is 12.1. The summed E-state index contributed by atoms with van der Waals surface area (Å²) in [6.07, 6.45) is 0.761. The number of H-pyrrole nitrogens is 2. The van der Waals surface area contributed by atoms with Crippen molar-refractivity contribution in [3.8, 4) is 11.5 Å². The number of ether oxygens (including phenoxy) is 2. The third-order valence-corrected chi connectivity index (χ3v) is 4.21. The number of aromatic amines is 2. The molecule has 1 aromatic heterocycles. The monoisotopic (exact) mass is 317 g/mol. The second-order valence-corrected chi connectivity index (χ2v) is 5.77. The van der Waals surface area contributed by atoms with Gasteiger partial charge in [0, 0.05) is 30.4 Å². The van der Waals surface area contributed by atoms with Crippen molar-refractivity contribution in [3.63, 3.8) is 0 Å². The van der Waals surface area contributed by atoms with Crippen LogP contribution in [-0.2, 0) is 13.0 Å². The van der Waals surface area contributed by atoms with Crippen LogP contribution in [0.4, 0.5) is 5.69 Å². The number of benzene rings is 1. The van der Waals surface area contributed by atoms with Gasteiger partial charge in [0.1, 0.15) is 13.2 Å². The van der Waals surface area contributed by atoms with Crippen molar-refractivity contribution in [3.05, 3.63) is 44.6 Å². The molecule has 0 radical (unpaired) electrons. The normalized spacial score (nSPS) is 16.3. The number of nitrogens with zero attached hydrogens (tertiary/aromatic N) is 1. The number of hydrogen-bond donors (Lipinski definition) is 2. The minimum Gasteiger partial charge on any atom is -0.486 e. The SMILES string of the molecule is O=c1[nH]c(=S)[nH]c2c1CN(c1ccc3c(c1)OCCO3)CC2. The molecule has 4 rings (SSSR count). The van der Waals surface area contributed by atoms with Gasteiger partial charge in [-0.1, -0.05) is 0 Å².